The van der Waals surface area contributed by atoms with Gasteiger partial charge in [-0.05, 0) is 56.5 Å². The van der Waals surface area contributed by atoms with Gasteiger partial charge in [0, 0.05) is 43.2 Å². The van der Waals surface area contributed by atoms with Gasteiger partial charge in [-0.25, -0.2) is 13.2 Å². The first-order chi connectivity index (χ1) is 19.2. The quantitative estimate of drug-likeness (QED) is 0.309. The van der Waals surface area contributed by atoms with Crippen LogP contribution >= 0.6 is 23.2 Å². The van der Waals surface area contributed by atoms with E-state index in [2.05, 4.69) is 20.1 Å². The number of aromatic amines is 2. The molecule has 212 valence electrons. The van der Waals surface area contributed by atoms with Crippen molar-refractivity contribution < 1.29 is 8.42 Å². The molecule has 0 saturated carbocycles. The molecule has 0 aliphatic carbocycles. The topological polar surface area (TPSA) is 107 Å². The lowest BCUT2D eigenvalue weighted by Gasteiger charge is -2.35. The number of para-hydroxylation sites is 2. The normalized spacial score (nSPS) is 19.3. The van der Waals surface area contributed by atoms with E-state index in [-0.39, 0.29) is 17.8 Å². The lowest BCUT2D eigenvalue weighted by Crippen LogP contribution is -2.40. The number of nitrogens with one attached hydrogen (secondary N) is 2. The number of fused-ring (bicyclic) bond motifs is 2. The van der Waals surface area contributed by atoms with E-state index in [0.29, 0.717) is 29.4 Å². The molecule has 2 aliphatic heterocycles. The van der Waals surface area contributed by atoms with Gasteiger partial charge in [0.05, 0.1) is 44.8 Å². The Morgan fingerprint density at radius 1 is 1.05 bits per heavy atom. The molecule has 1 fully saturated rings. The van der Waals surface area contributed by atoms with E-state index in [1.54, 1.807) is 16.4 Å². The molecular formula is C28H32Cl2N6O3S. The highest BCUT2D eigenvalue weighted by molar-refractivity contribution is 7.88. The third kappa shape index (κ3) is 5.23. The molecular weight excluding hydrogens is 571 g/mol. The highest BCUT2D eigenvalue weighted by Crippen LogP contribution is 2.41. The largest absolute Gasteiger partial charge is 0.326 e. The Bertz CT molecular complexity index is 1700. The second-order valence-corrected chi connectivity index (χ2v) is 13.5. The molecule has 0 amide bonds. The monoisotopic (exact) mass is 602 g/mol. The second-order valence-electron chi connectivity index (χ2n) is 10.8. The van der Waals surface area contributed by atoms with Gasteiger partial charge in [-0.15, -0.1) is 0 Å². The van der Waals surface area contributed by atoms with Crippen molar-refractivity contribution >= 4 is 44.3 Å². The van der Waals surface area contributed by atoms with Crippen molar-refractivity contribution in [1.82, 2.24) is 29.0 Å². The molecule has 0 radical (unpaired) electrons. The number of piperidine rings is 1. The summed E-state index contributed by atoms with van der Waals surface area (Å²) in [6.07, 6.45) is 5.14. The van der Waals surface area contributed by atoms with Crippen LogP contribution in [0.5, 0.6) is 0 Å². The molecule has 0 spiro atoms. The van der Waals surface area contributed by atoms with Crippen LogP contribution in [0.2, 0.25) is 10.0 Å². The first-order valence-corrected chi connectivity index (χ1v) is 16.2. The Morgan fingerprint density at radius 3 is 2.58 bits per heavy atom. The molecule has 9 nitrogen and oxygen atoms in total. The Morgan fingerprint density at radius 2 is 1.82 bits per heavy atom. The highest BCUT2D eigenvalue weighted by atomic mass is 35.5. The number of halogens is 2. The number of rotatable bonds is 7. The second kappa shape index (κ2) is 11.0. The molecule has 40 heavy (non-hydrogen) atoms. The van der Waals surface area contributed by atoms with E-state index >= 15 is 0 Å². The molecule has 1 atom stereocenters. The lowest BCUT2D eigenvalue weighted by molar-refractivity contribution is 0.177. The summed E-state index contributed by atoms with van der Waals surface area (Å²) in [7, 11) is -3.42. The van der Waals surface area contributed by atoms with Crippen molar-refractivity contribution in [3.63, 3.8) is 0 Å². The van der Waals surface area contributed by atoms with Crippen molar-refractivity contribution in [3.05, 3.63) is 74.3 Å². The van der Waals surface area contributed by atoms with Crippen molar-refractivity contribution in [2.75, 3.05) is 32.4 Å². The number of hydrogen-bond acceptors (Lipinski definition) is 5. The predicted octanol–water partition coefficient (Wildman–Crippen LogP) is 5.00. The summed E-state index contributed by atoms with van der Waals surface area (Å²) < 4.78 is 29.2. The Kier molecular flexibility index (Phi) is 7.56. The van der Waals surface area contributed by atoms with Gasteiger partial charge >= 0.3 is 5.69 Å². The SMILES string of the molecule is CS(=O)(=O)N1CCc2n[nH]c(-c3ccc(Cl)c(Cl)c3)c2C1CCCN1CCC(n2c(=O)[nH]c3ccccc32)CC1. The summed E-state index contributed by atoms with van der Waals surface area (Å²) in [5.74, 6) is 0. The minimum absolute atomic E-state index is 0.0495. The molecule has 1 unspecified atom stereocenters. The van der Waals surface area contributed by atoms with Gasteiger partial charge in [-0.2, -0.15) is 9.40 Å². The number of benzene rings is 2. The minimum atomic E-state index is -3.42. The zero-order valence-corrected chi connectivity index (χ0v) is 24.6. The van der Waals surface area contributed by atoms with Crippen molar-refractivity contribution in [2.24, 2.45) is 0 Å². The third-order valence-corrected chi connectivity index (χ3v) is 10.3. The van der Waals surface area contributed by atoms with Crippen LogP contribution in [0.3, 0.4) is 0 Å². The van der Waals surface area contributed by atoms with Crippen LogP contribution in [0, 0.1) is 0 Å². The summed E-state index contributed by atoms with van der Waals surface area (Å²) in [5, 5.41) is 8.59. The minimum Gasteiger partial charge on any atom is -0.306 e. The maximum atomic E-state index is 12.8. The molecule has 2 aromatic heterocycles. The summed E-state index contributed by atoms with van der Waals surface area (Å²) in [6, 6.07) is 13.1. The fraction of sp³-hybridized carbons (Fsp3) is 0.429. The van der Waals surface area contributed by atoms with Crippen LogP contribution in [-0.4, -0.2) is 69.8 Å². The smallest absolute Gasteiger partial charge is 0.306 e. The first kappa shape index (κ1) is 27.5. The molecule has 2 N–H and O–H groups in total. The molecule has 1 saturated heterocycles. The van der Waals surface area contributed by atoms with Gasteiger partial charge in [-0.3, -0.25) is 9.67 Å². The Balaban J connectivity index is 1.16. The Hall–Kier alpha value is -2.63. The zero-order valence-electron chi connectivity index (χ0n) is 22.2. The van der Waals surface area contributed by atoms with Crippen LogP contribution in [0.15, 0.2) is 47.3 Å². The number of aromatic nitrogens is 4. The molecule has 2 aromatic carbocycles. The number of nitrogens with zero attached hydrogens (tertiary/aromatic N) is 4. The van der Waals surface area contributed by atoms with Crippen LogP contribution in [0.4, 0.5) is 0 Å². The standard InChI is InChI=1S/C28H32Cl2N6O3S/c1-40(38,39)35-16-12-23-26(27(33-32-23)18-8-9-20(29)21(30)17-18)25(35)7-4-13-34-14-10-19(11-15-34)36-24-6-3-2-5-22(24)31-28(36)37/h2-3,5-6,8-9,17,19,25H,4,7,10-16H2,1H3,(H,31,37)(H,32,33). The van der Waals surface area contributed by atoms with Crippen LogP contribution in [0.1, 0.15) is 49.0 Å². The summed E-state index contributed by atoms with van der Waals surface area (Å²) in [5.41, 5.74) is 5.22. The van der Waals surface area contributed by atoms with E-state index in [9.17, 15) is 13.2 Å². The number of hydrogen-bond donors (Lipinski definition) is 2. The molecule has 4 heterocycles. The average Bonchev–Trinajstić information content (AvgIpc) is 3.51. The molecule has 4 aromatic rings. The summed E-state index contributed by atoms with van der Waals surface area (Å²) >= 11 is 12.4. The van der Waals surface area contributed by atoms with E-state index in [1.165, 1.54) is 6.26 Å². The van der Waals surface area contributed by atoms with Gasteiger partial charge in [0.15, 0.2) is 0 Å². The van der Waals surface area contributed by atoms with Crippen molar-refractivity contribution in [2.45, 2.75) is 44.2 Å². The van der Waals surface area contributed by atoms with Gasteiger partial charge in [-0.1, -0.05) is 41.4 Å². The molecule has 0 bridgehead atoms. The maximum Gasteiger partial charge on any atom is 0.326 e. The fourth-order valence-corrected chi connectivity index (χ4v) is 7.75. The Labute approximate surface area is 243 Å². The number of likely N-dealkylation sites (tertiary alicyclic amines) is 1. The van der Waals surface area contributed by atoms with Gasteiger partial charge in [0.1, 0.15) is 0 Å². The predicted molar refractivity (Wildman–Crippen MR) is 159 cm³/mol. The van der Waals surface area contributed by atoms with Gasteiger partial charge in [0.25, 0.3) is 0 Å². The summed E-state index contributed by atoms with van der Waals surface area (Å²) in [4.78, 5) is 18.0. The molecule has 12 heteroatoms. The number of sulfonamides is 1. The maximum absolute atomic E-state index is 12.8. The van der Waals surface area contributed by atoms with Crippen molar-refractivity contribution in [3.8, 4) is 11.3 Å². The van der Waals surface area contributed by atoms with E-state index in [4.69, 9.17) is 23.2 Å². The number of imidazole rings is 1. The first-order valence-electron chi connectivity index (χ1n) is 13.6. The lowest BCUT2D eigenvalue weighted by atomic mass is 9.92. The average molecular weight is 604 g/mol. The van der Waals surface area contributed by atoms with Crippen LogP contribution < -0.4 is 5.69 Å². The fourth-order valence-electron chi connectivity index (χ4n) is 6.36. The van der Waals surface area contributed by atoms with Crippen molar-refractivity contribution in [1.29, 1.82) is 0 Å². The van der Waals surface area contributed by atoms with Crippen LogP contribution in [0.25, 0.3) is 22.3 Å². The molecule has 6 rings (SSSR count). The van der Waals surface area contributed by atoms with Crippen LogP contribution in [-0.2, 0) is 16.4 Å². The van der Waals surface area contributed by atoms with Gasteiger partial charge in [0.2, 0.25) is 10.0 Å². The summed E-state index contributed by atoms with van der Waals surface area (Å²) in [6.45, 7) is 3.05. The highest BCUT2D eigenvalue weighted by Gasteiger charge is 2.37. The van der Waals surface area contributed by atoms with E-state index in [1.807, 2.05) is 34.9 Å². The molecule has 2 aliphatic rings. The third-order valence-electron chi connectivity index (χ3n) is 8.27. The number of H-pyrrole nitrogens is 2. The zero-order chi connectivity index (χ0) is 28.0. The van der Waals surface area contributed by atoms with E-state index < -0.39 is 10.0 Å². The van der Waals surface area contributed by atoms with Gasteiger partial charge < -0.3 is 9.88 Å². The van der Waals surface area contributed by atoms with E-state index in [0.717, 1.165) is 72.4 Å².